The lowest BCUT2D eigenvalue weighted by Crippen LogP contribution is -2.29. The van der Waals surface area contributed by atoms with Crippen LogP contribution in [0.3, 0.4) is 0 Å². The summed E-state index contributed by atoms with van der Waals surface area (Å²) in [5.74, 6) is 1.04. The van der Waals surface area contributed by atoms with Crippen molar-refractivity contribution >= 4 is 10.0 Å². The molecule has 2 atom stereocenters. The van der Waals surface area contributed by atoms with E-state index in [1.165, 1.54) is 35.7 Å². The Morgan fingerprint density at radius 2 is 1.66 bits per heavy atom. The SMILES string of the molecule is COc1ccc(S(=O)(=O)N(C)CCC2c3cccc(-c4ccc(C(F)(F)F)cc4)c3CC2C)cc1. The van der Waals surface area contributed by atoms with E-state index >= 15 is 0 Å². The van der Waals surface area contributed by atoms with Gasteiger partial charge >= 0.3 is 6.18 Å². The maximum atomic E-state index is 13.0. The molecule has 0 aromatic heterocycles. The molecule has 0 fully saturated rings. The van der Waals surface area contributed by atoms with Gasteiger partial charge in [0.2, 0.25) is 10.0 Å². The van der Waals surface area contributed by atoms with E-state index in [-0.39, 0.29) is 16.7 Å². The van der Waals surface area contributed by atoms with E-state index in [1.54, 1.807) is 19.2 Å². The maximum absolute atomic E-state index is 13.0. The summed E-state index contributed by atoms with van der Waals surface area (Å²) in [7, 11) is -0.523. The highest BCUT2D eigenvalue weighted by atomic mass is 32.2. The molecule has 0 saturated heterocycles. The molecule has 0 amide bonds. The zero-order chi connectivity index (χ0) is 25.4. The number of benzene rings is 3. The van der Waals surface area contributed by atoms with E-state index in [1.807, 2.05) is 12.1 Å². The summed E-state index contributed by atoms with van der Waals surface area (Å²) in [6, 6.07) is 17.5. The molecule has 8 heteroatoms. The highest BCUT2D eigenvalue weighted by Gasteiger charge is 2.33. The predicted molar refractivity (Wildman–Crippen MR) is 130 cm³/mol. The van der Waals surface area contributed by atoms with Crippen molar-refractivity contribution in [1.29, 1.82) is 0 Å². The van der Waals surface area contributed by atoms with Gasteiger partial charge in [-0.3, -0.25) is 0 Å². The Bertz CT molecular complexity index is 1290. The maximum Gasteiger partial charge on any atom is 0.416 e. The Morgan fingerprint density at radius 1 is 1.00 bits per heavy atom. The van der Waals surface area contributed by atoms with Gasteiger partial charge < -0.3 is 4.74 Å². The van der Waals surface area contributed by atoms with Gasteiger partial charge in [-0.25, -0.2) is 12.7 Å². The second-order valence-corrected chi connectivity index (χ2v) is 11.1. The van der Waals surface area contributed by atoms with Gasteiger partial charge in [0.15, 0.2) is 0 Å². The van der Waals surface area contributed by atoms with E-state index < -0.39 is 21.8 Å². The van der Waals surface area contributed by atoms with Crippen molar-refractivity contribution < 1.29 is 26.3 Å². The highest BCUT2D eigenvalue weighted by molar-refractivity contribution is 7.89. The van der Waals surface area contributed by atoms with E-state index in [2.05, 4.69) is 13.0 Å². The first-order valence-corrected chi connectivity index (χ1v) is 12.9. The summed E-state index contributed by atoms with van der Waals surface area (Å²) in [5.41, 5.74) is 3.29. The number of alkyl halides is 3. The van der Waals surface area contributed by atoms with Gasteiger partial charge in [-0.15, -0.1) is 0 Å². The molecule has 1 aliphatic carbocycles. The minimum Gasteiger partial charge on any atom is -0.497 e. The van der Waals surface area contributed by atoms with Crippen molar-refractivity contribution in [2.75, 3.05) is 20.7 Å². The van der Waals surface area contributed by atoms with Crippen molar-refractivity contribution in [1.82, 2.24) is 4.31 Å². The zero-order valence-electron chi connectivity index (χ0n) is 19.8. The van der Waals surface area contributed by atoms with E-state index in [0.717, 1.165) is 40.8 Å². The summed E-state index contributed by atoms with van der Waals surface area (Å²) >= 11 is 0. The number of sulfonamides is 1. The Morgan fingerprint density at radius 3 is 2.26 bits per heavy atom. The Balaban J connectivity index is 1.52. The number of halogens is 3. The largest absolute Gasteiger partial charge is 0.497 e. The zero-order valence-corrected chi connectivity index (χ0v) is 20.7. The minimum absolute atomic E-state index is 0.160. The fourth-order valence-electron chi connectivity index (χ4n) is 4.87. The number of hydrogen-bond donors (Lipinski definition) is 0. The van der Waals surface area contributed by atoms with Gasteiger partial charge in [0.25, 0.3) is 0 Å². The van der Waals surface area contributed by atoms with Crippen LogP contribution in [0.4, 0.5) is 13.2 Å². The topological polar surface area (TPSA) is 46.6 Å². The molecule has 0 spiro atoms. The third-order valence-electron chi connectivity index (χ3n) is 6.87. The summed E-state index contributed by atoms with van der Waals surface area (Å²) in [4.78, 5) is 0.213. The number of ether oxygens (including phenoxy) is 1. The Kier molecular flexibility index (Phi) is 6.97. The molecule has 35 heavy (non-hydrogen) atoms. The smallest absolute Gasteiger partial charge is 0.416 e. The van der Waals surface area contributed by atoms with Crippen molar-refractivity contribution in [2.45, 2.75) is 36.8 Å². The van der Waals surface area contributed by atoms with Gasteiger partial charge in [-0.2, -0.15) is 13.2 Å². The first-order valence-electron chi connectivity index (χ1n) is 11.4. The Labute approximate surface area is 204 Å². The lowest BCUT2D eigenvalue weighted by Gasteiger charge is -2.22. The predicted octanol–water partition coefficient (Wildman–Crippen LogP) is 6.37. The molecule has 4 rings (SSSR count). The normalized spacial score (nSPS) is 18.0. The number of nitrogens with zero attached hydrogens (tertiary/aromatic N) is 1. The van der Waals surface area contributed by atoms with Crippen molar-refractivity contribution in [3.63, 3.8) is 0 Å². The van der Waals surface area contributed by atoms with Gasteiger partial charge in [0.05, 0.1) is 17.6 Å². The van der Waals surface area contributed by atoms with E-state index in [4.69, 9.17) is 4.74 Å². The average molecular weight is 504 g/mol. The van der Waals surface area contributed by atoms with Crippen LogP contribution in [-0.2, 0) is 22.6 Å². The van der Waals surface area contributed by atoms with Crippen LogP contribution in [0.2, 0.25) is 0 Å². The van der Waals surface area contributed by atoms with Gasteiger partial charge in [0, 0.05) is 13.6 Å². The lowest BCUT2D eigenvalue weighted by atomic mass is 9.90. The molecule has 0 bridgehead atoms. The van der Waals surface area contributed by atoms with Gasteiger partial charge in [0.1, 0.15) is 5.75 Å². The molecular formula is C27H28F3NO3S. The second kappa shape index (κ2) is 9.66. The molecule has 3 aromatic rings. The van der Waals surface area contributed by atoms with Crippen LogP contribution in [-0.4, -0.2) is 33.4 Å². The molecule has 2 unspecified atom stereocenters. The summed E-state index contributed by atoms with van der Waals surface area (Å²) in [6.07, 6.45) is -2.92. The molecule has 0 aliphatic heterocycles. The summed E-state index contributed by atoms with van der Waals surface area (Å²) in [5, 5.41) is 0. The molecule has 0 N–H and O–H groups in total. The van der Waals surface area contributed by atoms with Crippen LogP contribution in [0.5, 0.6) is 5.75 Å². The number of hydrogen-bond acceptors (Lipinski definition) is 3. The molecule has 0 saturated carbocycles. The number of fused-ring (bicyclic) bond motifs is 1. The average Bonchev–Trinajstić information content (AvgIpc) is 3.16. The quantitative estimate of drug-likeness (QED) is 0.377. The van der Waals surface area contributed by atoms with Gasteiger partial charge in [-0.05, 0) is 83.3 Å². The fraction of sp³-hybridized carbons (Fsp3) is 0.333. The standard InChI is InChI=1S/C27H28F3NO3S/c1-18-17-26-24(19-7-9-20(10-8-19)27(28,29)30)5-4-6-25(26)23(18)15-16-31(2)35(32,33)22-13-11-21(34-3)12-14-22/h4-14,18,23H,15-17H2,1-3H3. The minimum atomic E-state index is -4.37. The molecule has 3 aromatic carbocycles. The van der Waals surface area contributed by atoms with Crippen molar-refractivity contribution in [2.24, 2.45) is 5.92 Å². The highest BCUT2D eigenvalue weighted by Crippen LogP contribution is 2.44. The third kappa shape index (κ3) is 5.09. The van der Waals surface area contributed by atoms with Gasteiger partial charge in [-0.1, -0.05) is 37.3 Å². The van der Waals surface area contributed by atoms with Crippen molar-refractivity contribution in [3.8, 4) is 16.9 Å². The van der Waals surface area contributed by atoms with Crippen LogP contribution in [0, 0.1) is 5.92 Å². The molecular weight excluding hydrogens is 475 g/mol. The van der Waals surface area contributed by atoms with Crippen LogP contribution in [0.25, 0.3) is 11.1 Å². The number of rotatable bonds is 7. The van der Waals surface area contributed by atoms with Crippen LogP contribution in [0.1, 0.15) is 36.0 Å². The molecule has 0 radical (unpaired) electrons. The first kappa shape index (κ1) is 25.3. The monoisotopic (exact) mass is 503 g/mol. The van der Waals surface area contributed by atoms with Crippen LogP contribution < -0.4 is 4.74 Å². The first-order chi connectivity index (χ1) is 16.5. The molecule has 1 aliphatic rings. The Hall–Kier alpha value is -2.84. The lowest BCUT2D eigenvalue weighted by molar-refractivity contribution is -0.137. The summed E-state index contributed by atoms with van der Waals surface area (Å²) in [6.45, 7) is 2.49. The second-order valence-electron chi connectivity index (χ2n) is 9.03. The number of methoxy groups -OCH3 is 1. The molecule has 0 heterocycles. The summed E-state index contributed by atoms with van der Waals surface area (Å²) < 4.78 is 71.4. The molecule has 4 nitrogen and oxygen atoms in total. The van der Waals surface area contributed by atoms with E-state index in [9.17, 15) is 21.6 Å². The fourth-order valence-corrected chi connectivity index (χ4v) is 6.05. The van der Waals surface area contributed by atoms with E-state index in [0.29, 0.717) is 18.7 Å². The van der Waals surface area contributed by atoms with Crippen molar-refractivity contribution in [3.05, 3.63) is 83.4 Å². The molecule has 186 valence electrons. The third-order valence-corrected chi connectivity index (χ3v) is 8.74. The van der Waals surface area contributed by atoms with Crippen LogP contribution in [0.15, 0.2) is 71.6 Å². The van der Waals surface area contributed by atoms with Crippen LogP contribution >= 0.6 is 0 Å².